The average molecular weight is 196 g/mol. The van der Waals surface area contributed by atoms with Crippen molar-refractivity contribution < 1.29 is 5.32 Å². The third-order valence-corrected chi connectivity index (χ3v) is 4.43. The predicted molar refractivity (Wildman–Crippen MR) is 60.1 cm³/mol. The average Bonchev–Trinajstić information content (AvgIpc) is 2.15. The van der Waals surface area contributed by atoms with Crippen LogP contribution in [0.25, 0.3) is 0 Å². The van der Waals surface area contributed by atoms with Gasteiger partial charge in [0.15, 0.2) is 0 Å². The van der Waals surface area contributed by atoms with Crippen LogP contribution in [0, 0.1) is 17.3 Å². The van der Waals surface area contributed by atoms with E-state index in [1.54, 1.807) is 0 Å². The molecular formula is C13H26N+. The first-order chi connectivity index (χ1) is 6.59. The highest BCUT2D eigenvalue weighted by atomic mass is 14.9. The Morgan fingerprint density at radius 3 is 2.43 bits per heavy atom. The van der Waals surface area contributed by atoms with Gasteiger partial charge in [0.05, 0.1) is 12.6 Å². The zero-order chi connectivity index (χ0) is 10.2. The van der Waals surface area contributed by atoms with Gasteiger partial charge in [-0.05, 0) is 31.1 Å². The molecule has 1 heteroatoms. The molecule has 0 bridgehead atoms. The number of piperidine rings is 1. The molecule has 0 amide bonds. The maximum absolute atomic E-state index is 2.66. The van der Waals surface area contributed by atoms with Crippen LogP contribution in [0.5, 0.6) is 0 Å². The van der Waals surface area contributed by atoms with Crippen LogP contribution < -0.4 is 5.32 Å². The summed E-state index contributed by atoms with van der Waals surface area (Å²) in [5.74, 6) is 2.00. The Balaban J connectivity index is 2.09. The molecule has 0 aromatic heterocycles. The second-order valence-electron chi connectivity index (χ2n) is 6.41. The molecule has 2 N–H and O–H groups in total. The van der Waals surface area contributed by atoms with Gasteiger partial charge in [0.25, 0.3) is 0 Å². The Bertz CT molecular complexity index is 190. The highest BCUT2D eigenvalue weighted by molar-refractivity contribution is 4.88. The predicted octanol–water partition coefficient (Wildman–Crippen LogP) is 2.17. The monoisotopic (exact) mass is 196 g/mol. The molecule has 2 aliphatic rings. The summed E-state index contributed by atoms with van der Waals surface area (Å²) in [6.45, 7) is 8.68. The normalized spacial score (nSPS) is 39.2. The second kappa shape index (κ2) is 3.84. The molecule has 1 aliphatic heterocycles. The molecule has 3 atom stereocenters. The van der Waals surface area contributed by atoms with E-state index >= 15 is 0 Å². The van der Waals surface area contributed by atoms with Gasteiger partial charge in [-0.15, -0.1) is 0 Å². The topological polar surface area (TPSA) is 16.6 Å². The summed E-state index contributed by atoms with van der Waals surface area (Å²) in [6, 6.07) is 0.956. The summed E-state index contributed by atoms with van der Waals surface area (Å²) in [6.07, 6.45) is 7.43. The minimum Gasteiger partial charge on any atom is -0.343 e. The standard InChI is InChI=1S/C13H25N/c1-13(2,3)11-8-4-6-10-7-5-9-14-12(10)11/h10-12,14H,4-9H2,1-3H3/p+1/t10-,11+,12-/m1/s1. The molecule has 1 aliphatic carbocycles. The summed E-state index contributed by atoms with van der Waals surface area (Å²) in [5, 5.41) is 2.66. The number of hydrogen-bond donors (Lipinski definition) is 1. The van der Waals surface area contributed by atoms with Crippen molar-refractivity contribution in [1.29, 1.82) is 0 Å². The number of nitrogens with two attached hydrogens (primary N) is 1. The van der Waals surface area contributed by atoms with Crippen molar-refractivity contribution in [3.05, 3.63) is 0 Å². The van der Waals surface area contributed by atoms with Crippen LogP contribution in [-0.2, 0) is 0 Å². The fraction of sp³-hybridized carbons (Fsp3) is 1.00. The summed E-state index contributed by atoms with van der Waals surface area (Å²) < 4.78 is 0. The maximum atomic E-state index is 2.66. The molecule has 0 spiro atoms. The lowest BCUT2D eigenvalue weighted by molar-refractivity contribution is -0.715. The van der Waals surface area contributed by atoms with E-state index in [0.717, 1.165) is 17.9 Å². The van der Waals surface area contributed by atoms with Crippen molar-refractivity contribution in [2.24, 2.45) is 17.3 Å². The van der Waals surface area contributed by atoms with Gasteiger partial charge in [-0.2, -0.15) is 0 Å². The summed E-state index contributed by atoms with van der Waals surface area (Å²) >= 11 is 0. The first-order valence-corrected chi connectivity index (χ1v) is 6.42. The molecule has 0 aromatic rings. The molecule has 2 rings (SSSR count). The van der Waals surface area contributed by atoms with E-state index in [2.05, 4.69) is 26.1 Å². The van der Waals surface area contributed by atoms with Gasteiger partial charge in [-0.25, -0.2) is 0 Å². The van der Waals surface area contributed by atoms with E-state index in [1.165, 1.54) is 38.6 Å². The number of quaternary nitrogens is 1. The van der Waals surface area contributed by atoms with Crippen molar-refractivity contribution in [1.82, 2.24) is 0 Å². The highest BCUT2D eigenvalue weighted by Gasteiger charge is 2.42. The first-order valence-electron chi connectivity index (χ1n) is 6.42. The quantitative estimate of drug-likeness (QED) is 0.611. The molecule has 0 unspecified atom stereocenters. The molecule has 1 nitrogen and oxygen atoms in total. The van der Waals surface area contributed by atoms with Crippen LogP contribution in [0.3, 0.4) is 0 Å². The van der Waals surface area contributed by atoms with E-state index in [4.69, 9.17) is 0 Å². The third kappa shape index (κ3) is 1.98. The summed E-state index contributed by atoms with van der Waals surface area (Å²) in [7, 11) is 0. The van der Waals surface area contributed by atoms with E-state index in [0.29, 0.717) is 5.41 Å². The van der Waals surface area contributed by atoms with Gasteiger partial charge >= 0.3 is 0 Å². The van der Waals surface area contributed by atoms with Crippen molar-refractivity contribution in [3.8, 4) is 0 Å². The van der Waals surface area contributed by atoms with Crippen LogP contribution in [0.4, 0.5) is 0 Å². The Labute approximate surface area is 88.7 Å². The third-order valence-electron chi connectivity index (χ3n) is 4.43. The van der Waals surface area contributed by atoms with E-state index in [9.17, 15) is 0 Å². The largest absolute Gasteiger partial charge is 0.343 e. The minimum atomic E-state index is 0.525. The number of rotatable bonds is 0. The van der Waals surface area contributed by atoms with Gasteiger partial charge in [-0.1, -0.05) is 27.2 Å². The van der Waals surface area contributed by atoms with Crippen molar-refractivity contribution in [3.63, 3.8) is 0 Å². The lowest BCUT2D eigenvalue weighted by Crippen LogP contribution is -2.95. The van der Waals surface area contributed by atoms with Gasteiger partial charge in [0.2, 0.25) is 0 Å². The second-order valence-corrected chi connectivity index (χ2v) is 6.41. The van der Waals surface area contributed by atoms with Gasteiger partial charge in [-0.3, -0.25) is 0 Å². The molecule has 0 aromatic carbocycles. The molecule has 82 valence electrons. The van der Waals surface area contributed by atoms with Crippen molar-refractivity contribution in [2.45, 2.75) is 58.9 Å². The molecule has 1 saturated carbocycles. The van der Waals surface area contributed by atoms with Crippen molar-refractivity contribution in [2.75, 3.05) is 6.54 Å². The number of hydrogen-bond acceptors (Lipinski definition) is 0. The van der Waals surface area contributed by atoms with Crippen molar-refractivity contribution >= 4 is 0 Å². The fourth-order valence-corrected chi connectivity index (χ4v) is 3.71. The molecular weight excluding hydrogens is 170 g/mol. The van der Waals surface area contributed by atoms with Crippen LogP contribution in [0.15, 0.2) is 0 Å². The van der Waals surface area contributed by atoms with Gasteiger partial charge in [0.1, 0.15) is 0 Å². The SMILES string of the molecule is CC(C)(C)[C@H]1CCC[C@@H]2CCC[NH2+][C@H]21. The lowest BCUT2D eigenvalue weighted by Gasteiger charge is -2.44. The number of fused-ring (bicyclic) bond motifs is 1. The molecule has 1 saturated heterocycles. The Kier molecular flexibility index (Phi) is 2.88. The van der Waals surface area contributed by atoms with Gasteiger partial charge in [0, 0.05) is 11.8 Å². The molecule has 14 heavy (non-hydrogen) atoms. The smallest absolute Gasteiger partial charge is 0.0921 e. The van der Waals surface area contributed by atoms with Gasteiger partial charge < -0.3 is 5.32 Å². The molecule has 0 radical (unpaired) electrons. The fourth-order valence-electron chi connectivity index (χ4n) is 3.71. The van der Waals surface area contributed by atoms with E-state index < -0.39 is 0 Å². The Hall–Kier alpha value is -0.0400. The Morgan fingerprint density at radius 2 is 1.71 bits per heavy atom. The first kappa shape index (κ1) is 10.5. The highest BCUT2D eigenvalue weighted by Crippen LogP contribution is 2.41. The van der Waals surface area contributed by atoms with Crippen LogP contribution >= 0.6 is 0 Å². The zero-order valence-corrected chi connectivity index (χ0v) is 10.1. The van der Waals surface area contributed by atoms with E-state index in [1.807, 2.05) is 0 Å². The summed E-state index contributed by atoms with van der Waals surface area (Å²) in [4.78, 5) is 0. The minimum absolute atomic E-state index is 0.525. The van der Waals surface area contributed by atoms with Crippen LogP contribution in [-0.4, -0.2) is 12.6 Å². The summed E-state index contributed by atoms with van der Waals surface area (Å²) in [5.41, 5.74) is 0.525. The molecule has 2 fully saturated rings. The molecule has 1 heterocycles. The maximum Gasteiger partial charge on any atom is 0.0921 e. The Morgan fingerprint density at radius 1 is 1.00 bits per heavy atom. The lowest BCUT2D eigenvalue weighted by atomic mass is 9.64. The zero-order valence-electron chi connectivity index (χ0n) is 10.1. The van der Waals surface area contributed by atoms with Crippen LogP contribution in [0.1, 0.15) is 52.9 Å². The van der Waals surface area contributed by atoms with E-state index in [-0.39, 0.29) is 0 Å². The van der Waals surface area contributed by atoms with Crippen LogP contribution in [0.2, 0.25) is 0 Å².